The van der Waals surface area contributed by atoms with Crippen LogP contribution in [0.25, 0.3) is 0 Å². The van der Waals surface area contributed by atoms with Gasteiger partial charge in [0.05, 0.1) is 12.7 Å². The van der Waals surface area contributed by atoms with Crippen LogP contribution in [0.1, 0.15) is 32.6 Å². The average molecular weight is 213 g/mol. The molecule has 2 saturated heterocycles. The minimum absolute atomic E-state index is 0.507. The first kappa shape index (κ1) is 11.4. The Morgan fingerprint density at radius 2 is 2.27 bits per heavy atom. The minimum Gasteiger partial charge on any atom is -0.381 e. The Morgan fingerprint density at radius 3 is 2.93 bits per heavy atom. The summed E-state index contributed by atoms with van der Waals surface area (Å²) in [5.41, 5.74) is 0. The van der Waals surface area contributed by atoms with E-state index < -0.39 is 0 Å². The van der Waals surface area contributed by atoms with Gasteiger partial charge in [0.15, 0.2) is 0 Å². The average Bonchev–Trinajstić information content (AvgIpc) is 2.86. The molecular weight excluding hydrogens is 190 g/mol. The first-order valence-electron chi connectivity index (χ1n) is 6.27. The summed E-state index contributed by atoms with van der Waals surface area (Å²) in [7, 11) is 0. The maximum atomic E-state index is 5.63. The molecule has 3 unspecified atom stereocenters. The summed E-state index contributed by atoms with van der Waals surface area (Å²) in [6.45, 7) is 6.23. The van der Waals surface area contributed by atoms with Crippen LogP contribution >= 0.6 is 0 Å². The SMILES string of the molecule is CC(CC1CCCO1)NCC1CCOC1. The van der Waals surface area contributed by atoms with Crippen LogP contribution in [0.15, 0.2) is 0 Å². The molecule has 0 saturated carbocycles. The predicted octanol–water partition coefficient (Wildman–Crippen LogP) is 1.57. The molecule has 0 amide bonds. The van der Waals surface area contributed by atoms with Crippen LogP contribution in [0.2, 0.25) is 0 Å². The van der Waals surface area contributed by atoms with E-state index in [-0.39, 0.29) is 0 Å². The molecule has 3 nitrogen and oxygen atoms in total. The molecule has 0 aromatic rings. The molecule has 3 heteroatoms. The predicted molar refractivity (Wildman–Crippen MR) is 60.0 cm³/mol. The van der Waals surface area contributed by atoms with Crippen molar-refractivity contribution in [3.05, 3.63) is 0 Å². The van der Waals surface area contributed by atoms with Gasteiger partial charge in [-0.1, -0.05) is 0 Å². The van der Waals surface area contributed by atoms with E-state index in [1.165, 1.54) is 19.3 Å². The first-order chi connectivity index (χ1) is 7.34. The molecular formula is C12H23NO2. The lowest BCUT2D eigenvalue weighted by Crippen LogP contribution is -2.34. The molecule has 0 aliphatic carbocycles. The second-order valence-corrected chi connectivity index (χ2v) is 4.91. The van der Waals surface area contributed by atoms with Gasteiger partial charge < -0.3 is 14.8 Å². The van der Waals surface area contributed by atoms with E-state index in [2.05, 4.69) is 12.2 Å². The summed E-state index contributed by atoms with van der Waals surface area (Å²) in [6, 6.07) is 0.577. The Balaban J connectivity index is 1.57. The van der Waals surface area contributed by atoms with Gasteiger partial charge in [0.1, 0.15) is 0 Å². The van der Waals surface area contributed by atoms with Crippen molar-refractivity contribution < 1.29 is 9.47 Å². The number of hydrogen-bond donors (Lipinski definition) is 1. The summed E-state index contributed by atoms with van der Waals surface area (Å²) in [5, 5.41) is 3.59. The molecule has 2 aliphatic heterocycles. The highest BCUT2D eigenvalue weighted by Gasteiger charge is 2.20. The molecule has 15 heavy (non-hydrogen) atoms. The van der Waals surface area contributed by atoms with Crippen LogP contribution in [0.3, 0.4) is 0 Å². The number of ether oxygens (including phenoxy) is 2. The van der Waals surface area contributed by atoms with Crippen molar-refractivity contribution in [3.63, 3.8) is 0 Å². The standard InChI is InChI=1S/C12H23NO2/c1-10(7-12-3-2-5-15-12)13-8-11-4-6-14-9-11/h10-13H,2-9H2,1H3. The van der Waals surface area contributed by atoms with Crippen molar-refractivity contribution in [2.75, 3.05) is 26.4 Å². The minimum atomic E-state index is 0.507. The smallest absolute Gasteiger partial charge is 0.0590 e. The number of rotatable bonds is 5. The van der Waals surface area contributed by atoms with Crippen LogP contribution in [-0.2, 0) is 9.47 Å². The normalized spacial score (nSPS) is 33.4. The summed E-state index contributed by atoms with van der Waals surface area (Å²) >= 11 is 0. The topological polar surface area (TPSA) is 30.5 Å². The van der Waals surface area contributed by atoms with Crippen molar-refractivity contribution in [2.45, 2.75) is 44.8 Å². The fourth-order valence-electron chi connectivity index (χ4n) is 2.42. The van der Waals surface area contributed by atoms with Crippen molar-refractivity contribution >= 4 is 0 Å². The molecule has 2 fully saturated rings. The molecule has 2 heterocycles. The molecule has 0 bridgehead atoms. The zero-order valence-corrected chi connectivity index (χ0v) is 9.71. The molecule has 0 aromatic carbocycles. The molecule has 1 N–H and O–H groups in total. The second-order valence-electron chi connectivity index (χ2n) is 4.91. The lowest BCUT2D eigenvalue weighted by molar-refractivity contribution is 0.0956. The highest BCUT2D eigenvalue weighted by molar-refractivity contribution is 4.74. The number of nitrogens with one attached hydrogen (secondary N) is 1. The largest absolute Gasteiger partial charge is 0.381 e. The van der Waals surface area contributed by atoms with Crippen LogP contribution in [0.5, 0.6) is 0 Å². The van der Waals surface area contributed by atoms with Crippen molar-refractivity contribution in [1.82, 2.24) is 5.32 Å². The van der Waals surface area contributed by atoms with Crippen molar-refractivity contribution in [1.29, 1.82) is 0 Å². The Morgan fingerprint density at radius 1 is 1.33 bits per heavy atom. The molecule has 0 radical (unpaired) electrons. The summed E-state index contributed by atoms with van der Waals surface area (Å²) in [4.78, 5) is 0. The molecule has 0 aromatic heterocycles. The summed E-state index contributed by atoms with van der Waals surface area (Å²) in [6.07, 6.45) is 5.38. The van der Waals surface area contributed by atoms with Gasteiger partial charge in [-0.3, -0.25) is 0 Å². The maximum Gasteiger partial charge on any atom is 0.0590 e. The van der Waals surface area contributed by atoms with E-state index in [0.29, 0.717) is 12.1 Å². The molecule has 3 atom stereocenters. The molecule has 2 aliphatic rings. The maximum absolute atomic E-state index is 5.63. The van der Waals surface area contributed by atoms with Gasteiger partial charge in [-0.2, -0.15) is 0 Å². The summed E-state index contributed by atoms with van der Waals surface area (Å²) < 4.78 is 11.0. The highest BCUT2D eigenvalue weighted by Crippen LogP contribution is 2.17. The third kappa shape index (κ3) is 3.74. The van der Waals surface area contributed by atoms with E-state index in [1.807, 2.05) is 0 Å². The third-order valence-corrected chi connectivity index (χ3v) is 3.42. The van der Waals surface area contributed by atoms with Gasteiger partial charge in [0.25, 0.3) is 0 Å². The fraction of sp³-hybridized carbons (Fsp3) is 1.00. The van der Waals surface area contributed by atoms with Gasteiger partial charge in [0, 0.05) is 25.8 Å². The van der Waals surface area contributed by atoms with E-state index >= 15 is 0 Å². The molecule has 0 spiro atoms. The summed E-state index contributed by atoms with van der Waals surface area (Å²) in [5.74, 6) is 0.733. The van der Waals surface area contributed by atoms with Crippen molar-refractivity contribution in [3.8, 4) is 0 Å². The highest BCUT2D eigenvalue weighted by atomic mass is 16.5. The van der Waals surface area contributed by atoms with Gasteiger partial charge in [-0.15, -0.1) is 0 Å². The van der Waals surface area contributed by atoms with Crippen LogP contribution < -0.4 is 5.32 Å². The Bertz CT molecular complexity index is 174. The van der Waals surface area contributed by atoms with Crippen LogP contribution in [0.4, 0.5) is 0 Å². The van der Waals surface area contributed by atoms with E-state index in [9.17, 15) is 0 Å². The lowest BCUT2D eigenvalue weighted by atomic mass is 10.1. The van der Waals surface area contributed by atoms with Gasteiger partial charge >= 0.3 is 0 Å². The van der Waals surface area contributed by atoms with E-state index in [0.717, 1.165) is 38.7 Å². The Kier molecular flexibility index (Phi) is 4.42. The lowest BCUT2D eigenvalue weighted by Gasteiger charge is -2.19. The monoisotopic (exact) mass is 213 g/mol. The molecule has 2 rings (SSSR count). The van der Waals surface area contributed by atoms with Gasteiger partial charge in [0.2, 0.25) is 0 Å². The van der Waals surface area contributed by atoms with Crippen LogP contribution in [-0.4, -0.2) is 38.5 Å². The van der Waals surface area contributed by atoms with Crippen molar-refractivity contribution in [2.24, 2.45) is 5.92 Å². The quantitative estimate of drug-likeness (QED) is 0.752. The Hall–Kier alpha value is -0.120. The Labute approximate surface area is 92.5 Å². The molecule has 88 valence electrons. The number of hydrogen-bond acceptors (Lipinski definition) is 3. The van der Waals surface area contributed by atoms with Crippen LogP contribution in [0, 0.1) is 5.92 Å². The second kappa shape index (κ2) is 5.83. The van der Waals surface area contributed by atoms with E-state index in [4.69, 9.17) is 9.47 Å². The fourth-order valence-corrected chi connectivity index (χ4v) is 2.42. The first-order valence-corrected chi connectivity index (χ1v) is 6.27. The van der Waals surface area contributed by atoms with Gasteiger partial charge in [-0.05, 0) is 38.5 Å². The third-order valence-electron chi connectivity index (χ3n) is 3.42. The van der Waals surface area contributed by atoms with E-state index in [1.54, 1.807) is 0 Å². The van der Waals surface area contributed by atoms with Gasteiger partial charge in [-0.25, -0.2) is 0 Å². The zero-order chi connectivity index (χ0) is 10.5. The zero-order valence-electron chi connectivity index (χ0n) is 9.71.